The summed E-state index contributed by atoms with van der Waals surface area (Å²) in [4.78, 5) is 0. The van der Waals surface area contributed by atoms with Crippen LogP contribution in [0.3, 0.4) is 0 Å². The lowest BCUT2D eigenvalue weighted by molar-refractivity contribution is 1.42. The zero-order chi connectivity index (χ0) is 15.4. The number of nitrogens with one attached hydrogen (secondary N) is 1. The minimum absolute atomic E-state index is 0.515. The first kappa shape index (κ1) is 17.2. The summed E-state index contributed by atoms with van der Waals surface area (Å²) in [5.74, 6) is 0.579. The molecule has 0 fully saturated rings. The molecule has 2 aromatic carbocycles. The van der Waals surface area contributed by atoms with Crippen LogP contribution in [0.2, 0.25) is 20.1 Å². The maximum atomic E-state index is 6.12. The van der Waals surface area contributed by atoms with Gasteiger partial charge in [-0.25, -0.2) is 0 Å². The van der Waals surface area contributed by atoms with E-state index in [4.69, 9.17) is 58.6 Å². The topological polar surface area (TPSA) is 12.0 Å². The standard InChI is InChI=1S/C14H9Cl4NS2/c15-8-4-5-13(12(18)6-8)19-14(20)21-7-9-10(16)2-1-3-11(9)17/h1-6H,7H2,(H,19,20). The van der Waals surface area contributed by atoms with Gasteiger partial charge in [-0.05, 0) is 35.9 Å². The van der Waals surface area contributed by atoms with Crippen molar-refractivity contribution in [2.45, 2.75) is 5.75 Å². The molecule has 0 atom stereocenters. The Kier molecular flexibility index (Phi) is 6.48. The Morgan fingerprint density at radius 2 is 1.67 bits per heavy atom. The van der Waals surface area contributed by atoms with Crippen LogP contribution >= 0.6 is 70.4 Å². The number of benzene rings is 2. The predicted molar refractivity (Wildman–Crippen MR) is 100 cm³/mol. The van der Waals surface area contributed by atoms with Crippen LogP contribution in [0.15, 0.2) is 36.4 Å². The number of hydrogen-bond acceptors (Lipinski definition) is 2. The highest BCUT2D eigenvalue weighted by Crippen LogP contribution is 2.30. The van der Waals surface area contributed by atoms with Gasteiger partial charge in [-0.2, -0.15) is 0 Å². The quantitative estimate of drug-likeness (QED) is 0.564. The zero-order valence-corrected chi connectivity index (χ0v) is 15.2. The van der Waals surface area contributed by atoms with E-state index >= 15 is 0 Å². The Hall–Kier alpha value is -0.160. The van der Waals surface area contributed by atoms with E-state index in [2.05, 4.69) is 5.32 Å². The lowest BCUT2D eigenvalue weighted by atomic mass is 10.2. The first-order valence-corrected chi connectivity index (χ1v) is 8.69. The van der Waals surface area contributed by atoms with E-state index in [9.17, 15) is 0 Å². The molecule has 0 aliphatic rings. The third-order valence-electron chi connectivity index (χ3n) is 2.58. The summed E-state index contributed by atoms with van der Waals surface area (Å²) >= 11 is 30.9. The van der Waals surface area contributed by atoms with Crippen molar-refractivity contribution in [3.8, 4) is 0 Å². The maximum absolute atomic E-state index is 6.12. The van der Waals surface area contributed by atoms with Gasteiger partial charge >= 0.3 is 0 Å². The van der Waals surface area contributed by atoms with Crippen molar-refractivity contribution in [1.82, 2.24) is 0 Å². The van der Waals surface area contributed by atoms with Crippen molar-refractivity contribution in [1.29, 1.82) is 0 Å². The van der Waals surface area contributed by atoms with E-state index in [1.54, 1.807) is 30.3 Å². The van der Waals surface area contributed by atoms with Gasteiger partial charge in [0.2, 0.25) is 0 Å². The highest BCUT2D eigenvalue weighted by Gasteiger charge is 2.08. The SMILES string of the molecule is S=C(Nc1ccc(Cl)cc1Cl)SCc1c(Cl)cccc1Cl. The largest absolute Gasteiger partial charge is 0.340 e. The van der Waals surface area contributed by atoms with Gasteiger partial charge in [0, 0.05) is 20.8 Å². The molecule has 0 aliphatic heterocycles. The molecule has 0 saturated carbocycles. The molecule has 0 aromatic heterocycles. The van der Waals surface area contributed by atoms with Crippen molar-refractivity contribution < 1.29 is 0 Å². The number of thiocarbonyl (C=S) groups is 1. The second-order valence-corrected chi connectivity index (χ2v) is 7.34. The average Bonchev–Trinajstić information content (AvgIpc) is 2.41. The summed E-state index contributed by atoms with van der Waals surface area (Å²) in [6.07, 6.45) is 0. The maximum Gasteiger partial charge on any atom is 0.138 e. The van der Waals surface area contributed by atoms with E-state index in [1.165, 1.54) is 11.8 Å². The summed E-state index contributed by atoms with van der Waals surface area (Å²) in [7, 11) is 0. The molecule has 0 saturated heterocycles. The van der Waals surface area contributed by atoms with Crippen LogP contribution in [0.5, 0.6) is 0 Å². The molecule has 1 N–H and O–H groups in total. The van der Waals surface area contributed by atoms with Crippen molar-refractivity contribution in [3.05, 3.63) is 62.1 Å². The Bertz CT molecular complexity index is 656. The third kappa shape index (κ3) is 4.92. The fraction of sp³-hybridized carbons (Fsp3) is 0.0714. The average molecular weight is 397 g/mol. The van der Waals surface area contributed by atoms with E-state index in [0.717, 1.165) is 5.56 Å². The van der Waals surface area contributed by atoms with E-state index in [-0.39, 0.29) is 0 Å². The molecule has 2 aromatic rings. The molecule has 110 valence electrons. The molecule has 0 amide bonds. The summed E-state index contributed by atoms with van der Waals surface area (Å²) < 4.78 is 0.579. The van der Waals surface area contributed by atoms with Gasteiger partial charge in [-0.3, -0.25) is 0 Å². The molecular weight excluding hydrogens is 388 g/mol. The van der Waals surface area contributed by atoms with Crippen LogP contribution in [0.4, 0.5) is 5.69 Å². The number of halogens is 4. The lowest BCUT2D eigenvalue weighted by Crippen LogP contribution is -2.05. The van der Waals surface area contributed by atoms with Gasteiger partial charge in [-0.1, -0.05) is 76.4 Å². The smallest absolute Gasteiger partial charge is 0.138 e. The summed E-state index contributed by atoms with van der Waals surface area (Å²) in [5, 5.41) is 5.41. The minimum Gasteiger partial charge on any atom is -0.340 e. The molecular formula is C14H9Cl4NS2. The Balaban J connectivity index is 1.99. The number of thioether (sulfide) groups is 1. The van der Waals surface area contributed by atoms with Crippen LogP contribution in [-0.4, -0.2) is 4.32 Å². The van der Waals surface area contributed by atoms with E-state index in [0.29, 0.717) is 35.9 Å². The van der Waals surface area contributed by atoms with Crippen molar-refractivity contribution >= 4 is 80.4 Å². The number of hydrogen-bond donors (Lipinski definition) is 1. The van der Waals surface area contributed by atoms with Crippen molar-refractivity contribution in [2.24, 2.45) is 0 Å². The Labute approximate surface area is 152 Å². The van der Waals surface area contributed by atoms with Gasteiger partial charge in [0.15, 0.2) is 0 Å². The molecule has 0 aliphatic carbocycles. The van der Waals surface area contributed by atoms with Crippen molar-refractivity contribution in [2.75, 3.05) is 5.32 Å². The highest BCUT2D eigenvalue weighted by atomic mass is 35.5. The monoisotopic (exact) mass is 395 g/mol. The van der Waals surface area contributed by atoms with Gasteiger partial charge in [0.1, 0.15) is 4.32 Å². The molecule has 0 unspecified atom stereocenters. The Morgan fingerprint density at radius 3 is 2.29 bits per heavy atom. The molecule has 0 heterocycles. The number of anilines is 1. The number of rotatable bonds is 3. The highest BCUT2D eigenvalue weighted by molar-refractivity contribution is 8.22. The fourth-order valence-corrected chi connectivity index (χ4v) is 3.75. The predicted octanol–water partition coefficient (Wildman–Crippen LogP) is 6.93. The second-order valence-electron chi connectivity index (χ2n) is 4.03. The lowest BCUT2D eigenvalue weighted by Gasteiger charge is -2.11. The van der Waals surface area contributed by atoms with Gasteiger partial charge < -0.3 is 5.32 Å². The molecule has 0 bridgehead atoms. The first-order chi connectivity index (χ1) is 9.97. The van der Waals surface area contributed by atoms with Crippen LogP contribution in [0.25, 0.3) is 0 Å². The molecule has 0 spiro atoms. The van der Waals surface area contributed by atoms with Crippen molar-refractivity contribution in [3.63, 3.8) is 0 Å². The first-order valence-electron chi connectivity index (χ1n) is 5.79. The van der Waals surface area contributed by atoms with Crippen LogP contribution in [0.1, 0.15) is 5.56 Å². The van der Waals surface area contributed by atoms with E-state index in [1.807, 2.05) is 6.07 Å². The second kappa shape index (κ2) is 7.91. The van der Waals surface area contributed by atoms with Crippen LogP contribution in [-0.2, 0) is 5.75 Å². The summed E-state index contributed by atoms with van der Waals surface area (Å²) in [5.41, 5.74) is 1.57. The summed E-state index contributed by atoms with van der Waals surface area (Å²) in [6, 6.07) is 10.6. The van der Waals surface area contributed by atoms with Gasteiger partial charge in [-0.15, -0.1) is 0 Å². The molecule has 1 nitrogen and oxygen atoms in total. The molecule has 21 heavy (non-hydrogen) atoms. The van der Waals surface area contributed by atoms with Gasteiger partial charge in [0.05, 0.1) is 10.7 Å². The molecule has 7 heteroatoms. The molecule has 2 rings (SSSR count). The Morgan fingerprint density at radius 1 is 1.00 bits per heavy atom. The normalized spacial score (nSPS) is 10.5. The zero-order valence-electron chi connectivity index (χ0n) is 10.5. The minimum atomic E-state index is 0.515. The van der Waals surface area contributed by atoms with Gasteiger partial charge in [0.25, 0.3) is 0 Å². The van der Waals surface area contributed by atoms with E-state index < -0.39 is 0 Å². The third-order valence-corrected chi connectivity index (χ3v) is 5.09. The fourth-order valence-electron chi connectivity index (χ4n) is 1.54. The summed E-state index contributed by atoms with van der Waals surface area (Å²) in [6.45, 7) is 0. The van der Waals surface area contributed by atoms with Crippen LogP contribution in [0, 0.1) is 0 Å². The van der Waals surface area contributed by atoms with Crippen LogP contribution < -0.4 is 5.32 Å². The molecule has 0 radical (unpaired) electrons.